The van der Waals surface area contributed by atoms with E-state index in [1.165, 1.54) is 0 Å². The Kier molecular flexibility index (Phi) is 3.98. The van der Waals surface area contributed by atoms with Gasteiger partial charge in [-0.3, -0.25) is 4.79 Å². The third-order valence-electron chi connectivity index (χ3n) is 3.80. The molecule has 0 bridgehead atoms. The summed E-state index contributed by atoms with van der Waals surface area (Å²) in [4.78, 5) is 14.1. The van der Waals surface area contributed by atoms with Crippen molar-refractivity contribution in [2.45, 2.75) is 31.0 Å². The van der Waals surface area contributed by atoms with E-state index in [-0.39, 0.29) is 23.9 Å². The zero-order chi connectivity index (χ0) is 12.4. The summed E-state index contributed by atoms with van der Waals surface area (Å²) in [5.74, 6) is -0.201. The predicted molar refractivity (Wildman–Crippen MR) is 64.1 cm³/mol. The second-order valence-corrected chi connectivity index (χ2v) is 5.05. The van der Waals surface area contributed by atoms with Crippen molar-refractivity contribution in [1.82, 2.24) is 10.2 Å². The van der Waals surface area contributed by atoms with Gasteiger partial charge in [-0.15, -0.1) is 0 Å². The molecule has 0 spiro atoms. The Labute approximate surface area is 101 Å². The lowest BCUT2D eigenvalue weighted by Crippen LogP contribution is -2.57. The Morgan fingerprint density at radius 1 is 1.18 bits per heavy atom. The van der Waals surface area contributed by atoms with Crippen molar-refractivity contribution in [2.24, 2.45) is 17.4 Å². The maximum absolute atomic E-state index is 12.3. The van der Waals surface area contributed by atoms with E-state index in [0.29, 0.717) is 12.8 Å². The minimum Gasteiger partial charge on any atom is -0.391 e. The van der Waals surface area contributed by atoms with E-state index in [0.717, 1.165) is 26.2 Å². The van der Waals surface area contributed by atoms with Crippen LogP contribution in [0.5, 0.6) is 0 Å². The van der Waals surface area contributed by atoms with Gasteiger partial charge in [0, 0.05) is 38.3 Å². The number of rotatable bonds is 1. The molecule has 1 heterocycles. The van der Waals surface area contributed by atoms with E-state index in [4.69, 9.17) is 11.5 Å². The third kappa shape index (κ3) is 2.77. The Bertz CT molecular complexity index is 281. The van der Waals surface area contributed by atoms with Gasteiger partial charge in [-0.1, -0.05) is 0 Å². The lowest BCUT2D eigenvalue weighted by atomic mass is 9.80. The molecule has 2 fully saturated rings. The maximum Gasteiger partial charge on any atom is 0.227 e. The van der Waals surface area contributed by atoms with Gasteiger partial charge >= 0.3 is 0 Å². The number of nitrogens with one attached hydrogen (secondary N) is 1. The van der Waals surface area contributed by atoms with Gasteiger partial charge in [0.1, 0.15) is 0 Å². The summed E-state index contributed by atoms with van der Waals surface area (Å²) in [6.45, 7) is 3.11. The lowest BCUT2D eigenvalue weighted by molar-refractivity contribution is -0.139. The third-order valence-corrected chi connectivity index (χ3v) is 3.80. The Morgan fingerprint density at radius 2 is 1.82 bits per heavy atom. The molecule has 1 aliphatic carbocycles. The van der Waals surface area contributed by atoms with Gasteiger partial charge in [-0.2, -0.15) is 0 Å². The summed E-state index contributed by atoms with van der Waals surface area (Å²) in [7, 11) is 0. The first kappa shape index (κ1) is 12.8. The van der Waals surface area contributed by atoms with Crippen molar-refractivity contribution in [2.75, 3.05) is 26.2 Å². The van der Waals surface area contributed by atoms with Crippen LogP contribution >= 0.6 is 0 Å². The minimum atomic E-state index is -0.605. The van der Waals surface area contributed by atoms with Gasteiger partial charge in [-0.25, -0.2) is 0 Å². The number of carbonyl (C=O) groups is 1. The van der Waals surface area contributed by atoms with Gasteiger partial charge < -0.3 is 26.8 Å². The average molecular weight is 242 g/mol. The largest absolute Gasteiger partial charge is 0.391 e. The van der Waals surface area contributed by atoms with Gasteiger partial charge in [-0.05, 0) is 12.8 Å². The first-order chi connectivity index (χ1) is 8.09. The molecule has 0 unspecified atom stereocenters. The molecule has 0 radical (unpaired) electrons. The number of nitrogens with zero attached hydrogens (tertiary/aromatic N) is 1. The lowest BCUT2D eigenvalue weighted by Gasteiger charge is -2.38. The maximum atomic E-state index is 12.3. The average Bonchev–Trinajstić information content (AvgIpc) is 2.34. The van der Waals surface area contributed by atoms with E-state index in [1.807, 2.05) is 4.90 Å². The molecule has 2 rings (SSSR count). The summed E-state index contributed by atoms with van der Waals surface area (Å²) in [6, 6.07) is -0.521. The van der Waals surface area contributed by atoms with Crippen LogP contribution in [0.15, 0.2) is 0 Å². The number of nitrogens with two attached hydrogens (primary N) is 2. The summed E-state index contributed by atoms with van der Waals surface area (Å²) in [6.07, 6.45) is 0.307. The Hall–Kier alpha value is -0.690. The zero-order valence-electron chi connectivity index (χ0n) is 10.0. The van der Waals surface area contributed by atoms with Crippen molar-refractivity contribution in [3.05, 3.63) is 0 Å². The fraction of sp³-hybridized carbons (Fsp3) is 0.909. The topological polar surface area (TPSA) is 105 Å². The number of aliphatic hydroxyl groups is 1. The highest BCUT2D eigenvalue weighted by Crippen LogP contribution is 2.25. The standard InChI is InChI=1S/C11H22N4O2/c12-8-6-9(13)10(16)5-7(8)11(17)15-3-1-14-2-4-15/h7-10,14,16H,1-6,12-13H2/t7-,8-,9+,10+/m0/s1. The Balaban J connectivity index is 1.98. The van der Waals surface area contributed by atoms with Gasteiger partial charge in [0.05, 0.1) is 12.0 Å². The minimum absolute atomic E-state index is 0.0740. The van der Waals surface area contributed by atoms with Gasteiger partial charge in [0.2, 0.25) is 5.91 Å². The van der Waals surface area contributed by atoms with Gasteiger partial charge in [0.25, 0.3) is 0 Å². The number of carbonyl (C=O) groups excluding carboxylic acids is 1. The molecule has 1 saturated carbocycles. The van der Waals surface area contributed by atoms with Crippen molar-refractivity contribution in [3.8, 4) is 0 Å². The smallest absolute Gasteiger partial charge is 0.227 e. The number of hydrogen-bond donors (Lipinski definition) is 4. The van der Waals surface area contributed by atoms with Crippen molar-refractivity contribution in [3.63, 3.8) is 0 Å². The van der Waals surface area contributed by atoms with E-state index >= 15 is 0 Å². The predicted octanol–water partition coefficient (Wildman–Crippen LogP) is -2.16. The van der Waals surface area contributed by atoms with Gasteiger partial charge in [0.15, 0.2) is 0 Å². The number of aliphatic hydroxyl groups excluding tert-OH is 1. The van der Waals surface area contributed by atoms with Crippen molar-refractivity contribution >= 4 is 5.91 Å². The highest BCUT2D eigenvalue weighted by Gasteiger charge is 2.38. The number of piperazine rings is 1. The SMILES string of the molecule is N[C@@H]1C[C@H](N)[C@@H](C(=O)N2CCNCC2)C[C@H]1O. The first-order valence-corrected chi connectivity index (χ1v) is 6.28. The number of hydrogen-bond acceptors (Lipinski definition) is 5. The molecule has 6 heteroatoms. The first-order valence-electron chi connectivity index (χ1n) is 6.28. The van der Waals surface area contributed by atoms with Crippen LogP contribution in [0.25, 0.3) is 0 Å². The normalized spacial score (nSPS) is 39.1. The molecule has 17 heavy (non-hydrogen) atoms. The summed E-state index contributed by atoms with van der Waals surface area (Å²) >= 11 is 0. The Morgan fingerprint density at radius 3 is 2.47 bits per heavy atom. The van der Waals surface area contributed by atoms with Crippen LogP contribution in [-0.4, -0.2) is 60.3 Å². The van der Waals surface area contributed by atoms with Crippen molar-refractivity contribution < 1.29 is 9.90 Å². The van der Waals surface area contributed by atoms with E-state index in [9.17, 15) is 9.90 Å². The summed E-state index contributed by atoms with van der Waals surface area (Å²) in [5, 5.41) is 13.0. The summed E-state index contributed by atoms with van der Waals surface area (Å²) < 4.78 is 0. The molecule has 6 nitrogen and oxygen atoms in total. The van der Waals surface area contributed by atoms with Crippen LogP contribution in [0.2, 0.25) is 0 Å². The molecule has 0 aromatic heterocycles. The molecule has 6 N–H and O–H groups in total. The van der Waals surface area contributed by atoms with Crippen molar-refractivity contribution in [1.29, 1.82) is 0 Å². The molecule has 4 atom stereocenters. The fourth-order valence-electron chi connectivity index (χ4n) is 2.65. The summed E-state index contributed by atoms with van der Waals surface area (Å²) in [5.41, 5.74) is 11.7. The molecule has 1 aliphatic heterocycles. The molecule has 98 valence electrons. The molecular formula is C11H22N4O2. The highest BCUT2D eigenvalue weighted by molar-refractivity contribution is 5.80. The molecular weight excluding hydrogens is 220 g/mol. The molecule has 1 amide bonds. The second kappa shape index (κ2) is 5.30. The quantitative estimate of drug-likeness (QED) is 0.419. The fourth-order valence-corrected chi connectivity index (χ4v) is 2.65. The van der Waals surface area contributed by atoms with Crippen LogP contribution in [0.4, 0.5) is 0 Å². The molecule has 0 aromatic carbocycles. The van der Waals surface area contributed by atoms with E-state index in [2.05, 4.69) is 5.32 Å². The van der Waals surface area contributed by atoms with Crippen LogP contribution < -0.4 is 16.8 Å². The van der Waals surface area contributed by atoms with Crippen LogP contribution in [0.3, 0.4) is 0 Å². The molecule has 2 aliphatic rings. The van der Waals surface area contributed by atoms with E-state index < -0.39 is 6.10 Å². The zero-order valence-corrected chi connectivity index (χ0v) is 10.0. The highest BCUT2D eigenvalue weighted by atomic mass is 16.3. The van der Waals surface area contributed by atoms with Crippen LogP contribution in [0, 0.1) is 5.92 Å². The van der Waals surface area contributed by atoms with E-state index in [1.54, 1.807) is 0 Å². The van der Waals surface area contributed by atoms with Crippen LogP contribution in [-0.2, 0) is 4.79 Å². The molecule has 0 aromatic rings. The molecule has 1 saturated heterocycles. The number of amides is 1. The van der Waals surface area contributed by atoms with Crippen LogP contribution in [0.1, 0.15) is 12.8 Å². The second-order valence-electron chi connectivity index (χ2n) is 5.05. The monoisotopic (exact) mass is 242 g/mol.